The average molecular weight is 757 g/mol. The number of carboxylic acids is 1. The van der Waals surface area contributed by atoms with Gasteiger partial charge in [0, 0.05) is 19.6 Å². The first-order valence-corrected chi connectivity index (χ1v) is 23.5. The van der Waals surface area contributed by atoms with Gasteiger partial charge >= 0.3 is 5.97 Å². The molecule has 7 aliphatic rings. The van der Waals surface area contributed by atoms with Crippen LogP contribution in [0.5, 0.6) is 0 Å². The fourth-order valence-corrected chi connectivity index (χ4v) is 16.5. The largest absolute Gasteiger partial charge is 0.481 e. The smallest absolute Gasteiger partial charge is 0.312 e. The van der Waals surface area contributed by atoms with Gasteiger partial charge < -0.3 is 15.3 Å². The van der Waals surface area contributed by atoms with E-state index in [1.807, 2.05) is 0 Å². The fraction of sp³-hybridized carbons (Fsp3) is 0.889. The average Bonchev–Trinajstić information content (AvgIpc) is 3.49. The van der Waals surface area contributed by atoms with E-state index in [2.05, 4.69) is 70.8 Å². The van der Waals surface area contributed by atoms with Crippen molar-refractivity contribution in [2.75, 3.05) is 50.9 Å². The fourth-order valence-electron chi connectivity index (χ4n) is 15.2. The highest BCUT2D eigenvalue weighted by atomic mass is 32.2. The van der Waals surface area contributed by atoms with Gasteiger partial charge in [0.1, 0.15) is 6.67 Å². The Morgan fingerprint density at radius 1 is 0.925 bits per heavy atom. The zero-order valence-corrected chi connectivity index (χ0v) is 35.2. The first kappa shape index (κ1) is 40.0. The van der Waals surface area contributed by atoms with E-state index in [-0.39, 0.29) is 10.8 Å². The van der Waals surface area contributed by atoms with Crippen LogP contribution in [0.15, 0.2) is 23.3 Å². The van der Waals surface area contributed by atoms with Gasteiger partial charge in [-0.3, -0.25) is 4.79 Å². The van der Waals surface area contributed by atoms with E-state index in [1.54, 1.807) is 0 Å². The minimum Gasteiger partial charge on any atom is -0.481 e. The van der Waals surface area contributed by atoms with Crippen molar-refractivity contribution in [1.29, 1.82) is 0 Å². The lowest BCUT2D eigenvalue weighted by Crippen LogP contribution is -2.66. The minimum absolute atomic E-state index is 0.00410. The maximum atomic E-state index is 14.0. The van der Waals surface area contributed by atoms with E-state index in [9.17, 15) is 22.7 Å². The standard InChI is InChI=1S/C45H73FN2O4S/c1-31(2)33-13-20-45(30-47-23-8-24-48-25-27-53(51,52)28-26-48)22-21-42(6)35(38(33)45)9-10-37-41(5)16-14-34(40(3,4)36(41)15-17-43(37,42)7)32-11-18-44(29-46,19-12-32)39(49)50/h11,14,31,33,35-38,47H,8-10,12-13,15-30H2,1-7H3,(H,49,50)/t33-,35+,36-,37+,38+,41-,42+,43+,44+,45+/m0/s1. The number of halogens is 1. The van der Waals surface area contributed by atoms with Crippen LogP contribution in [0.3, 0.4) is 0 Å². The van der Waals surface area contributed by atoms with Crippen molar-refractivity contribution in [3.8, 4) is 0 Å². The quantitative estimate of drug-likeness (QED) is 0.217. The zero-order valence-electron chi connectivity index (χ0n) is 34.4. The molecule has 0 amide bonds. The summed E-state index contributed by atoms with van der Waals surface area (Å²) in [6.45, 7) is 21.8. The Labute approximate surface area is 321 Å². The van der Waals surface area contributed by atoms with Crippen molar-refractivity contribution in [2.45, 2.75) is 132 Å². The van der Waals surface area contributed by atoms with Crippen molar-refractivity contribution in [2.24, 2.45) is 68.0 Å². The van der Waals surface area contributed by atoms with Crippen LogP contribution < -0.4 is 5.32 Å². The molecule has 1 heterocycles. The first-order valence-electron chi connectivity index (χ1n) is 21.7. The Bertz CT molecular complexity index is 1580. The Balaban J connectivity index is 1.08. The van der Waals surface area contributed by atoms with Crippen LogP contribution in [0, 0.1) is 68.0 Å². The summed E-state index contributed by atoms with van der Waals surface area (Å²) in [5.74, 6) is 3.96. The Hall–Kier alpha value is -1.25. The summed E-state index contributed by atoms with van der Waals surface area (Å²) >= 11 is 0. The Morgan fingerprint density at radius 3 is 2.30 bits per heavy atom. The molecule has 1 saturated heterocycles. The van der Waals surface area contributed by atoms with Crippen LogP contribution in [0.4, 0.5) is 4.39 Å². The molecule has 4 saturated carbocycles. The van der Waals surface area contributed by atoms with Gasteiger partial charge in [-0.1, -0.05) is 60.6 Å². The number of nitrogens with one attached hydrogen (secondary N) is 1. The second-order valence-corrected chi connectivity index (χ2v) is 23.5. The lowest BCUT2D eigenvalue weighted by molar-refractivity contribution is -0.228. The van der Waals surface area contributed by atoms with Gasteiger partial charge in [0.05, 0.1) is 16.9 Å². The molecule has 0 unspecified atom stereocenters. The molecule has 0 aromatic rings. The SMILES string of the molecule is CC(C)[C@@H]1CC[C@]2(CNCCCN3CCS(=O)(=O)CC3)CC[C@]3(C)[C@H](CC[C@@H]4[C@@]5(C)CC=C(C6=CC[C@@](CF)(C(=O)O)CC6)C(C)(C)[C@@H]5CC[C@]43C)[C@@H]12. The number of carbonyl (C=O) groups is 1. The highest BCUT2D eigenvalue weighted by Gasteiger charge is 2.70. The van der Waals surface area contributed by atoms with Crippen molar-refractivity contribution in [3.63, 3.8) is 0 Å². The molecule has 10 atom stereocenters. The number of allylic oxidation sites excluding steroid dienone is 4. The van der Waals surface area contributed by atoms with Crippen LogP contribution in [0.1, 0.15) is 132 Å². The third kappa shape index (κ3) is 6.36. The van der Waals surface area contributed by atoms with Gasteiger partial charge in [0.15, 0.2) is 9.84 Å². The summed E-state index contributed by atoms with van der Waals surface area (Å²) in [7, 11) is -2.83. The maximum Gasteiger partial charge on any atom is 0.312 e. The summed E-state index contributed by atoms with van der Waals surface area (Å²) in [4.78, 5) is 14.3. The minimum atomic E-state index is -2.83. The van der Waals surface area contributed by atoms with Gasteiger partial charge in [-0.15, -0.1) is 0 Å². The number of nitrogens with zero attached hydrogens (tertiary/aromatic N) is 1. The van der Waals surface area contributed by atoms with Gasteiger partial charge in [-0.25, -0.2) is 12.8 Å². The van der Waals surface area contributed by atoms with Crippen LogP contribution in [-0.4, -0.2) is 75.3 Å². The number of carboxylic acid groups (broad SMARTS) is 1. The molecule has 1 aliphatic heterocycles. The van der Waals surface area contributed by atoms with Crippen LogP contribution in [0.25, 0.3) is 0 Å². The monoisotopic (exact) mass is 757 g/mol. The van der Waals surface area contributed by atoms with E-state index >= 15 is 0 Å². The summed E-state index contributed by atoms with van der Waals surface area (Å²) in [5, 5.41) is 13.8. The number of hydrogen-bond acceptors (Lipinski definition) is 5. The molecule has 5 fully saturated rings. The lowest BCUT2D eigenvalue weighted by Gasteiger charge is -2.72. The van der Waals surface area contributed by atoms with E-state index in [0.29, 0.717) is 77.9 Å². The molecule has 300 valence electrons. The van der Waals surface area contributed by atoms with Crippen LogP contribution >= 0.6 is 0 Å². The lowest BCUT2D eigenvalue weighted by atomic mass is 9.32. The highest BCUT2D eigenvalue weighted by Crippen LogP contribution is 2.77. The zero-order chi connectivity index (χ0) is 38.2. The molecule has 6 nitrogen and oxygen atoms in total. The van der Waals surface area contributed by atoms with Crippen LogP contribution in [0.2, 0.25) is 0 Å². The number of hydrogen-bond donors (Lipinski definition) is 2. The summed E-state index contributed by atoms with van der Waals surface area (Å²) in [5.41, 5.74) is 2.72. The number of rotatable bonds is 10. The van der Waals surface area contributed by atoms with E-state index in [4.69, 9.17) is 0 Å². The molecule has 0 spiro atoms. The molecule has 53 heavy (non-hydrogen) atoms. The summed E-state index contributed by atoms with van der Waals surface area (Å²) in [6.07, 6.45) is 18.8. The molecule has 8 heteroatoms. The summed E-state index contributed by atoms with van der Waals surface area (Å²) < 4.78 is 37.8. The molecule has 0 aromatic carbocycles. The van der Waals surface area contributed by atoms with Crippen molar-refractivity contribution < 1.29 is 22.7 Å². The molecule has 6 aliphatic carbocycles. The molecule has 0 radical (unpaired) electrons. The topological polar surface area (TPSA) is 86.7 Å². The predicted molar refractivity (Wildman–Crippen MR) is 213 cm³/mol. The Morgan fingerprint density at radius 2 is 1.66 bits per heavy atom. The third-order valence-electron chi connectivity index (χ3n) is 18.5. The second-order valence-electron chi connectivity index (χ2n) is 21.2. The summed E-state index contributed by atoms with van der Waals surface area (Å²) in [6, 6.07) is 0. The van der Waals surface area contributed by atoms with E-state index < -0.39 is 27.9 Å². The second kappa shape index (κ2) is 14.0. The molecule has 0 bridgehead atoms. The molecule has 7 rings (SSSR count). The van der Waals surface area contributed by atoms with Gasteiger partial charge in [0.2, 0.25) is 0 Å². The number of fused-ring (bicyclic) bond motifs is 7. The van der Waals surface area contributed by atoms with Gasteiger partial charge in [-0.2, -0.15) is 0 Å². The predicted octanol–water partition coefficient (Wildman–Crippen LogP) is 9.12. The maximum absolute atomic E-state index is 14.0. The molecule has 2 N–H and O–H groups in total. The number of alkyl halides is 1. The number of aliphatic carboxylic acids is 1. The van der Waals surface area contributed by atoms with Gasteiger partial charge in [-0.05, 0) is 170 Å². The first-order chi connectivity index (χ1) is 24.9. The normalized spacial score (nSPS) is 45.0. The Kier molecular flexibility index (Phi) is 10.6. The van der Waals surface area contributed by atoms with E-state index in [0.717, 1.165) is 50.2 Å². The van der Waals surface area contributed by atoms with Crippen molar-refractivity contribution >= 4 is 15.8 Å². The molecular formula is C45H73FN2O4S. The third-order valence-corrected chi connectivity index (χ3v) is 20.1. The van der Waals surface area contributed by atoms with E-state index in [1.165, 1.54) is 62.5 Å². The highest BCUT2D eigenvalue weighted by molar-refractivity contribution is 7.91. The molecule has 0 aromatic heterocycles. The van der Waals surface area contributed by atoms with Gasteiger partial charge in [0.25, 0.3) is 0 Å². The molecular weight excluding hydrogens is 684 g/mol. The van der Waals surface area contributed by atoms with Crippen molar-refractivity contribution in [3.05, 3.63) is 23.3 Å². The number of sulfone groups is 1. The van der Waals surface area contributed by atoms with Crippen molar-refractivity contribution in [1.82, 2.24) is 10.2 Å². The van der Waals surface area contributed by atoms with Crippen LogP contribution in [-0.2, 0) is 14.6 Å².